The summed E-state index contributed by atoms with van der Waals surface area (Å²) in [5.74, 6) is -2.13. The minimum absolute atomic E-state index is 0.00997. The van der Waals surface area contributed by atoms with Gasteiger partial charge in [-0.1, -0.05) is 6.07 Å². The number of fused-ring (bicyclic) bond motifs is 3. The smallest absolute Gasteiger partial charge is 0.417 e. The molecule has 2 saturated heterocycles. The minimum Gasteiger partial charge on any atom is -0.461 e. The highest BCUT2D eigenvalue weighted by molar-refractivity contribution is 7.23. The van der Waals surface area contributed by atoms with E-state index in [-0.39, 0.29) is 63.0 Å². The lowest BCUT2D eigenvalue weighted by Gasteiger charge is -2.31. The van der Waals surface area contributed by atoms with Crippen LogP contribution in [0.1, 0.15) is 37.3 Å². The Morgan fingerprint density at radius 1 is 1.28 bits per heavy atom. The van der Waals surface area contributed by atoms with Gasteiger partial charge < -0.3 is 15.4 Å². The molecule has 2 aromatic heterocycles. The van der Waals surface area contributed by atoms with E-state index in [2.05, 4.69) is 9.97 Å². The van der Waals surface area contributed by atoms with E-state index in [4.69, 9.17) is 10.5 Å². The van der Waals surface area contributed by atoms with Crippen LogP contribution in [0.3, 0.4) is 0 Å². The summed E-state index contributed by atoms with van der Waals surface area (Å²) >= 11 is 0.693. The molecule has 7 nitrogen and oxygen atoms in total. The van der Waals surface area contributed by atoms with Crippen molar-refractivity contribution in [1.82, 2.24) is 14.9 Å². The van der Waals surface area contributed by atoms with Crippen LogP contribution in [-0.4, -0.2) is 59.9 Å². The lowest BCUT2D eigenvalue weighted by Crippen LogP contribution is -2.43. The van der Waals surface area contributed by atoms with Crippen molar-refractivity contribution in [3.63, 3.8) is 0 Å². The van der Waals surface area contributed by atoms with Gasteiger partial charge in [0.1, 0.15) is 41.0 Å². The van der Waals surface area contributed by atoms with Crippen LogP contribution in [0, 0.1) is 23.0 Å². The van der Waals surface area contributed by atoms with Crippen molar-refractivity contribution in [2.75, 3.05) is 43.9 Å². The first kappa shape index (κ1) is 29.3. The topological polar surface area (TPSA) is 91.3 Å². The first-order chi connectivity index (χ1) is 20.4. The van der Waals surface area contributed by atoms with Crippen LogP contribution in [0.25, 0.3) is 32.1 Å². The Labute approximate surface area is 246 Å². The normalized spacial score (nSPS) is 20.6. The minimum atomic E-state index is -5.05. The lowest BCUT2D eigenvalue weighted by molar-refractivity contribution is -0.137. The number of ether oxygens (including phenoxy) is 1. The third-order valence-corrected chi connectivity index (χ3v) is 9.49. The highest BCUT2D eigenvalue weighted by atomic mass is 32.1. The second kappa shape index (κ2) is 10.4. The second-order valence-corrected chi connectivity index (χ2v) is 12.0. The quantitative estimate of drug-likeness (QED) is 0.241. The van der Waals surface area contributed by atoms with Gasteiger partial charge in [-0.05, 0) is 44.0 Å². The summed E-state index contributed by atoms with van der Waals surface area (Å²) < 4.78 is 95.3. The summed E-state index contributed by atoms with van der Waals surface area (Å²) in [6.07, 6.45) is -4.24. The fourth-order valence-corrected chi connectivity index (χ4v) is 7.29. The highest BCUT2D eigenvalue weighted by Crippen LogP contribution is 2.48. The lowest BCUT2D eigenvalue weighted by atomic mass is 9.92. The van der Waals surface area contributed by atoms with Gasteiger partial charge in [-0.25, -0.2) is 13.2 Å². The Hall–Kier alpha value is -3.83. The van der Waals surface area contributed by atoms with Gasteiger partial charge in [0.05, 0.1) is 21.4 Å². The number of benzene rings is 2. The number of aromatic nitrogens is 2. The Morgan fingerprint density at radius 3 is 2.74 bits per heavy atom. The summed E-state index contributed by atoms with van der Waals surface area (Å²) in [7, 11) is 1.59. The Kier molecular flexibility index (Phi) is 7.08. The molecule has 2 N–H and O–H groups in total. The first-order valence-corrected chi connectivity index (χ1v) is 14.5. The molecule has 0 bridgehead atoms. The zero-order valence-corrected chi connectivity index (χ0v) is 24.0. The van der Waals surface area contributed by atoms with E-state index >= 15 is 4.39 Å². The fourth-order valence-electron chi connectivity index (χ4n) is 6.34. The molecule has 2 unspecified atom stereocenters. The molecular weight excluding hydrogens is 594 g/mol. The number of halogens is 6. The van der Waals surface area contributed by atoms with E-state index < -0.39 is 46.2 Å². The number of nitrogen functional groups attached to an aromatic ring is 1. The molecule has 2 aliphatic heterocycles. The Bertz CT molecular complexity index is 1800. The molecule has 14 heteroatoms. The van der Waals surface area contributed by atoms with Crippen molar-refractivity contribution >= 4 is 43.1 Å². The number of rotatable bonds is 6. The van der Waals surface area contributed by atoms with Crippen molar-refractivity contribution in [2.45, 2.75) is 44.1 Å². The molecule has 2 fully saturated rings. The molecule has 4 heterocycles. The standard InChI is InChI=1S/C29H26F6N6OS/c1-3-40(2)26-16-9-18(29(33,34)35)21(15-5-6-19(31)24-20(15)17(11-36)25(37)43-24)22(32)23(16)38-27(39-26)42-13-28-7-4-8-41(28)12-14(30)10-28/h5-6,9,14H,3-4,7-8,10,12-13,37H2,1-2H3. The van der Waals surface area contributed by atoms with Crippen molar-refractivity contribution in [2.24, 2.45) is 0 Å². The van der Waals surface area contributed by atoms with Crippen molar-refractivity contribution in [3.05, 3.63) is 41.0 Å². The molecule has 0 spiro atoms. The largest absolute Gasteiger partial charge is 0.461 e. The fraction of sp³-hybridized carbons (Fsp3) is 0.414. The summed E-state index contributed by atoms with van der Waals surface area (Å²) in [5, 5.41) is 9.17. The number of nitrogens with two attached hydrogens (primary N) is 1. The Balaban J connectivity index is 1.59. The van der Waals surface area contributed by atoms with E-state index in [1.165, 1.54) is 4.90 Å². The van der Waals surface area contributed by atoms with Gasteiger partial charge in [0.2, 0.25) is 0 Å². The van der Waals surface area contributed by atoms with Crippen molar-refractivity contribution < 1.29 is 31.1 Å². The molecule has 226 valence electrons. The van der Waals surface area contributed by atoms with Crippen LogP contribution in [0.4, 0.5) is 37.2 Å². The molecule has 0 radical (unpaired) electrons. The highest BCUT2D eigenvalue weighted by Gasteiger charge is 2.49. The maximum absolute atomic E-state index is 16.6. The molecule has 43 heavy (non-hydrogen) atoms. The van der Waals surface area contributed by atoms with Crippen LogP contribution in [0.15, 0.2) is 18.2 Å². The van der Waals surface area contributed by atoms with E-state index in [9.17, 15) is 27.2 Å². The van der Waals surface area contributed by atoms with Gasteiger partial charge >= 0.3 is 12.2 Å². The maximum atomic E-state index is 16.6. The number of thiophene rings is 1. The molecule has 4 aromatic rings. The van der Waals surface area contributed by atoms with Crippen molar-refractivity contribution in [1.29, 1.82) is 5.26 Å². The number of anilines is 2. The third kappa shape index (κ3) is 4.69. The van der Waals surface area contributed by atoms with Crippen LogP contribution < -0.4 is 15.4 Å². The predicted octanol–water partition coefficient (Wildman–Crippen LogP) is 6.67. The van der Waals surface area contributed by atoms with E-state index in [1.54, 1.807) is 14.0 Å². The number of hydrogen-bond acceptors (Lipinski definition) is 8. The second-order valence-electron chi connectivity index (χ2n) is 11.0. The maximum Gasteiger partial charge on any atom is 0.417 e. The summed E-state index contributed by atoms with van der Waals surface area (Å²) in [6, 6.07) is 4.22. The van der Waals surface area contributed by atoms with E-state index in [1.807, 2.05) is 11.0 Å². The van der Waals surface area contributed by atoms with Crippen LogP contribution in [-0.2, 0) is 6.18 Å². The average Bonchev–Trinajstić information content (AvgIpc) is 3.60. The molecule has 0 saturated carbocycles. The van der Waals surface area contributed by atoms with Gasteiger partial charge in [0, 0.05) is 42.9 Å². The monoisotopic (exact) mass is 620 g/mol. The zero-order valence-electron chi connectivity index (χ0n) is 23.2. The molecular formula is C29H26F6N6OS. The third-order valence-electron chi connectivity index (χ3n) is 8.46. The zero-order chi connectivity index (χ0) is 30.8. The van der Waals surface area contributed by atoms with Gasteiger partial charge in [0.15, 0.2) is 5.82 Å². The average molecular weight is 621 g/mol. The van der Waals surface area contributed by atoms with Gasteiger partial charge in [0.25, 0.3) is 0 Å². The molecule has 6 rings (SSSR count). The van der Waals surface area contributed by atoms with Crippen molar-refractivity contribution in [3.8, 4) is 23.2 Å². The predicted molar refractivity (Wildman–Crippen MR) is 152 cm³/mol. The molecule has 2 aromatic carbocycles. The number of nitriles is 1. The van der Waals surface area contributed by atoms with Gasteiger partial charge in [-0.3, -0.25) is 4.90 Å². The van der Waals surface area contributed by atoms with Crippen LogP contribution in [0.2, 0.25) is 0 Å². The van der Waals surface area contributed by atoms with E-state index in [0.717, 1.165) is 24.6 Å². The number of hydrogen-bond donors (Lipinski definition) is 1. The molecule has 2 aliphatic rings. The molecule has 0 amide bonds. The SMILES string of the molecule is CCN(C)c1nc(OCC23CCCN2CC(F)C3)nc2c(F)c(-c3ccc(F)c4sc(N)c(C#N)c34)c(C(F)(F)F)cc12. The van der Waals surface area contributed by atoms with Gasteiger partial charge in [-0.15, -0.1) is 11.3 Å². The first-order valence-electron chi connectivity index (χ1n) is 13.6. The molecule has 0 aliphatic carbocycles. The summed E-state index contributed by atoms with van der Waals surface area (Å²) in [6.45, 7) is 3.10. The van der Waals surface area contributed by atoms with Crippen LogP contribution in [0.5, 0.6) is 6.01 Å². The number of alkyl halides is 4. The summed E-state index contributed by atoms with van der Waals surface area (Å²) in [5.41, 5.74) is 2.05. The molecule has 2 atom stereocenters. The number of nitrogens with zero attached hydrogens (tertiary/aromatic N) is 5. The van der Waals surface area contributed by atoms with Gasteiger partial charge in [-0.2, -0.15) is 28.4 Å². The summed E-state index contributed by atoms with van der Waals surface area (Å²) in [4.78, 5) is 12.1. The van der Waals surface area contributed by atoms with E-state index in [0.29, 0.717) is 30.8 Å². The Morgan fingerprint density at radius 2 is 2.05 bits per heavy atom. The van der Waals surface area contributed by atoms with Crippen LogP contribution >= 0.6 is 11.3 Å².